The van der Waals surface area contributed by atoms with E-state index in [4.69, 9.17) is 5.73 Å². The minimum absolute atomic E-state index is 0.0364. The van der Waals surface area contributed by atoms with Gasteiger partial charge in [-0.1, -0.05) is 60.7 Å². The average Bonchev–Trinajstić information content (AvgIpc) is 3.93. The van der Waals surface area contributed by atoms with Crippen molar-refractivity contribution in [3.63, 3.8) is 0 Å². The number of fused-ring (bicyclic) bond motifs is 1. The molecule has 17 heteroatoms. The summed E-state index contributed by atoms with van der Waals surface area (Å²) >= 11 is 0. The molecule has 16 nitrogen and oxygen atoms in total. The minimum atomic E-state index is -1.62. The highest BCUT2D eigenvalue weighted by atomic mass is 19.1. The second kappa shape index (κ2) is 22.4. The van der Waals surface area contributed by atoms with Crippen molar-refractivity contribution < 1.29 is 43.4 Å². The van der Waals surface area contributed by atoms with Gasteiger partial charge in [-0.25, -0.2) is 9.18 Å². The van der Waals surface area contributed by atoms with Crippen molar-refractivity contribution in [3.05, 3.63) is 108 Å². The molecule has 1 aliphatic heterocycles. The zero-order valence-corrected chi connectivity index (χ0v) is 34.0. The molecule has 1 fully saturated rings. The van der Waals surface area contributed by atoms with Gasteiger partial charge >= 0.3 is 5.97 Å². The Morgan fingerprint density at radius 1 is 0.754 bits per heavy atom. The van der Waals surface area contributed by atoms with E-state index in [-0.39, 0.29) is 38.1 Å². The van der Waals surface area contributed by atoms with Crippen molar-refractivity contribution in [1.82, 2.24) is 36.9 Å². The first kappa shape index (κ1) is 45.9. The molecule has 0 bridgehead atoms. The number of carboxylic acids is 1. The Morgan fingerprint density at radius 3 is 1.93 bits per heavy atom. The number of carboxylic acid groups (broad SMARTS) is 1. The molecule has 326 valence electrons. The summed E-state index contributed by atoms with van der Waals surface area (Å²) in [6.45, 7) is 2.18. The average molecular weight is 843 g/mol. The molecule has 0 unspecified atom stereocenters. The van der Waals surface area contributed by atoms with Gasteiger partial charge in [0.1, 0.15) is 36.0 Å². The van der Waals surface area contributed by atoms with Gasteiger partial charge in [0.15, 0.2) is 0 Å². The SMILES string of the molecule is C[C@@H](O)[C@H](NC(=O)[C@H](CCCCN)NC(=O)[C@H](Cc1c[nH]c2ccc(F)cc12)NC(=O)[C@H](Cc1ccccc1)NC(=O)[C@@H]1CCCN1)C(=O)N[C@@H](Cc1ccccc1)C(=O)O. The van der Waals surface area contributed by atoms with Crippen molar-refractivity contribution in [2.75, 3.05) is 13.1 Å². The number of aliphatic hydroxyl groups is 1. The number of hydrogen-bond acceptors (Lipinski definition) is 9. The Morgan fingerprint density at radius 2 is 1.34 bits per heavy atom. The van der Waals surface area contributed by atoms with Crippen molar-refractivity contribution >= 4 is 46.4 Å². The summed E-state index contributed by atoms with van der Waals surface area (Å²) in [5.74, 6) is -5.53. The number of nitrogens with two attached hydrogens (primary N) is 1. The largest absolute Gasteiger partial charge is 0.480 e. The number of H-pyrrole nitrogens is 1. The number of aromatic amines is 1. The van der Waals surface area contributed by atoms with Crippen LogP contribution in [0.4, 0.5) is 4.39 Å². The fraction of sp³-hybridized carbons (Fsp3) is 0.409. The van der Waals surface area contributed by atoms with Crippen LogP contribution in [0.2, 0.25) is 0 Å². The molecule has 0 aliphatic carbocycles. The van der Waals surface area contributed by atoms with E-state index in [1.54, 1.807) is 60.8 Å². The number of carbonyl (C=O) groups excluding carboxylic acids is 5. The van der Waals surface area contributed by atoms with Crippen LogP contribution in [0.15, 0.2) is 85.1 Å². The van der Waals surface area contributed by atoms with Crippen molar-refractivity contribution in [1.29, 1.82) is 0 Å². The second-order valence-electron chi connectivity index (χ2n) is 15.3. The fourth-order valence-corrected chi connectivity index (χ4v) is 7.27. The Bertz CT molecular complexity index is 2110. The molecule has 0 radical (unpaired) electrons. The lowest BCUT2D eigenvalue weighted by Gasteiger charge is -2.28. The zero-order chi connectivity index (χ0) is 43.9. The Hall–Kier alpha value is -6.17. The highest BCUT2D eigenvalue weighted by molar-refractivity contribution is 5.97. The zero-order valence-electron chi connectivity index (χ0n) is 34.0. The number of aromatic nitrogens is 1. The van der Waals surface area contributed by atoms with Gasteiger partial charge in [-0.15, -0.1) is 0 Å². The lowest BCUT2D eigenvalue weighted by molar-refractivity contribution is -0.143. The van der Waals surface area contributed by atoms with Crippen molar-refractivity contribution in [2.45, 2.75) is 101 Å². The summed E-state index contributed by atoms with van der Waals surface area (Å²) in [6.07, 6.45) is 2.22. The number of nitrogens with one attached hydrogen (secondary N) is 7. The molecular weight excluding hydrogens is 788 g/mol. The third kappa shape index (κ3) is 13.4. The Labute approximate surface area is 353 Å². The predicted molar refractivity (Wildman–Crippen MR) is 225 cm³/mol. The van der Waals surface area contributed by atoms with Crippen LogP contribution in [-0.4, -0.2) is 106 Å². The number of rotatable bonds is 22. The summed E-state index contributed by atoms with van der Waals surface area (Å²) in [7, 11) is 0. The maximum absolute atomic E-state index is 14.5. The number of hydrogen-bond donors (Lipinski definition) is 10. The quantitative estimate of drug-likeness (QED) is 0.0505. The summed E-state index contributed by atoms with van der Waals surface area (Å²) in [6, 6.07) is 14.4. The molecule has 0 saturated carbocycles. The second-order valence-corrected chi connectivity index (χ2v) is 15.3. The summed E-state index contributed by atoms with van der Waals surface area (Å²) in [5, 5.41) is 37.3. The minimum Gasteiger partial charge on any atom is -0.480 e. The summed E-state index contributed by atoms with van der Waals surface area (Å²) in [5.41, 5.74) is 8.18. The molecule has 4 aromatic rings. The van der Waals surface area contributed by atoms with Crippen LogP contribution in [0.5, 0.6) is 0 Å². The van der Waals surface area contributed by atoms with E-state index in [0.717, 1.165) is 12.0 Å². The maximum Gasteiger partial charge on any atom is 0.326 e. The summed E-state index contributed by atoms with van der Waals surface area (Å²) < 4.78 is 14.5. The van der Waals surface area contributed by atoms with Gasteiger partial charge in [0, 0.05) is 36.4 Å². The Kier molecular flexibility index (Phi) is 16.9. The van der Waals surface area contributed by atoms with Crippen LogP contribution in [-0.2, 0) is 48.0 Å². The van der Waals surface area contributed by atoms with Gasteiger partial charge in [-0.05, 0) is 87.0 Å². The molecule has 61 heavy (non-hydrogen) atoms. The fourth-order valence-electron chi connectivity index (χ4n) is 7.27. The number of benzene rings is 3. The highest BCUT2D eigenvalue weighted by Crippen LogP contribution is 2.21. The number of unbranched alkanes of at least 4 members (excludes halogenated alkanes) is 1. The first-order valence-corrected chi connectivity index (χ1v) is 20.5. The number of aliphatic hydroxyl groups excluding tert-OH is 1. The monoisotopic (exact) mass is 842 g/mol. The third-order valence-electron chi connectivity index (χ3n) is 10.6. The van der Waals surface area contributed by atoms with Gasteiger partial charge in [0.25, 0.3) is 0 Å². The molecule has 0 spiro atoms. The predicted octanol–water partition coefficient (Wildman–Crippen LogP) is 1.11. The smallest absolute Gasteiger partial charge is 0.326 e. The number of aliphatic carboxylic acids is 1. The first-order chi connectivity index (χ1) is 29.3. The molecule has 1 aliphatic rings. The van der Waals surface area contributed by atoms with Gasteiger partial charge in [-0.2, -0.15) is 0 Å². The highest BCUT2D eigenvalue weighted by Gasteiger charge is 2.35. The van der Waals surface area contributed by atoms with E-state index in [2.05, 4.69) is 36.9 Å². The molecule has 11 N–H and O–H groups in total. The Balaban J connectivity index is 1.39. The van der Waals surface area contributed by atoms with Crippen LogP contribution in [0.3, 0.4) is 0 Å². The van der Waals surface area contributed by atoms with Gasteiger partial charge in [0.05, 0.1) is 12.1 Å². The lowest BCUT2D eigenvalue weighted by Crippen LogP contribution is -2.61. The number of amides is 5. The molecule has 5 amide bonds. The first-order valence-electron chi connectivity index (χ1n) is 20.5. The number of halogens is 1. The van der Waals surface area contributed by atoms with E-state index in [9.17, 15) is 43.4 Å². The van der Waals surface area contributed by atoms with Crippen LogP contribution >= 0.6 is 0 Å². The van der Waals surface area contributed by atoms with E-state index in [1.807, 2.05) is 6.07 Å². The van der Waals surface area contributed by atoms with Crippen LogP contribution in [0.25, 0.3) is 10.9 Å². The van der Waals surface area contributed by atoms with Crippen LogP contribution in [0, 0.1) is 5.82 Å². The summed E-state index contributed by atoms with van der Waals surface area (Å²) in [4.78, 5) is 84.6. The van der Waals surface area contributed by atoms with Crippen molar-refractivity contribution in [3.8, 4) is 0 Å². The molecule has 5 rings (SSSR count). The molecule has 2 heterocycles. The normalized spacial score (nSPS) is 16.6. The molecular formula is C44H55FN8O8. The van der Waals surface area contributed by atoms with E-state index in [0.29, 0.717) is 47.8 Å². The topological polar surface area (TPSA) is 257 Å². The molecule has 1 aromatic heterocycles. The molecule has 1 saturated heterocycles. The van der Waals surface area contributed by atoms with E-state index < -0.39 is 77.8 Å². The van der Waals surface area contributed by atoms with Crippen LogP contribution < -0.4 is 37.6 Å². The van der Waals surface area contributed by atoms with E-state index >= 15 is 0 Å². The van der Waals surface area contributed by atoms with Crippen molar-refractivity contribution in [2.24, 2.45) is 5.73 Å². The molecule has 3 aromatic carbocycles. The standard InChI is InChI=1S/C44H55FN8O8/c1-26(54)38(43(59)52-37(44(60)61)22-28-13-6-3-7-14-28)53-40(56)34(15-8-9-19-46)49-42(58)36(23-29-25-48-32-18-17-30(45)24-31(29)32)51-41(57)35(21-27-11-4-2-5-12-27)50-39(55)33-16-10-20-47-33/h2-7,11-14,17-18,24-26,33-38,47-48,54H,8-10,15-16,19-23,46H2,1H3,(H,49,58)(H,50,55)(H,51,57)(H,52,59)(H,53,56)(H,60,61)/t26-,33+,34+,35+,36+,37+,38+/m1/s1. The van der Waals surface area contributed by atoms with E-state index in [1.165, 1.54) is 25.1 Å². The maximum atomic E-state index is 14.5. The third-order valence-corrected chi connectivity index (χ3v) is 10.6. The van der Waals surface area contributed by atoms with Gasteiger partial charge < -0.3 is 52.8 Å². The lowest BCUT2D eigenvalue weighted by atomic mass is 10.0. The van der Waals surface area contributed by atoms with Crippen LogP contribution in [0.1, 0.15) is 55.7 Å². The number of carbonyl (C=O) groups is 6. The van der Waals surface area contributed by atoms with Gasteiger partial charge in [0.2, 0.25) is 29.5 Å². The molecule has 7 atom stereocenters. The van der Waals surface area contributed by atoms with Gasteiger partial charge in [-0.3, -0.25) is 24.0 Å².